The molecule has 1 aromatic rings. The van der Waals surface area contributed by atoms with Crippen LogP contribution in [0.3, 0.4) is 0 Å². The van der Waals surface area contributed by atoms with Gasteiger partial charge in [0.25, 0.3) is 0 Å². The fraction of sp³-hybridized carbons (Fsp3) is 0.650. The normalized spacial score (nSPS) is 10.3. The summed E-state index contributed by atoms with van der Waals surface area (Å²) in [7, 11) is 0. The van der Waals surface area contributed by atoms with Gasteiger partial charge in [-0.15, -0.1) is 0 Å². The highest BCUT2D eigenvalue weighted by Crippen LogP contribution is 2.10. The van der Waals surface area contributed by atoms with Crippen molar-refractivity contribution >= 4 is 5.78 Å². The van der Waals surface area contributed by atoms with Gasteiger partial charge in [-0.1, -0.05) is 58.9 Å². The lowest BCUT2D eigenvalue weighted by atomic mass is 10.00. The molecule has 0 heterocycles. The van der Waals surface area contributed by atoms with Crippen LogP contribution in [-0.4, -0.2) is 19.0 Å². The van der Waals surface area contributed by atoms with E-state index in [1.54, 1.807) is 0 Å². The first-order chi connectivity index (χ1) is 10.6. The molecule has 0 aliphatic carbocycles. The van der Waals surface area contributed by atoms with Crippen LogP contribution >= 0.6 is 0 Å². The highest BCUT2D eigenvalue weighted by Gasteiger charge is 2.06. The Balaban J connectivity index is 0.00000211. The molecule has 1 aromatic carbocycles. The van der Waals surface area contributed by atoms with Crippen molar-refractivity contribution in [3.63, 3.8) is 0 Å². The molecule has 0 aliphatic rings. The highest BCUT2D eigenvalue weighted by molar-refractivity contribution is 5.80. The molecule has 1 rings (SSSR count). The molecule has 0 saturated carbocycles. The molecule has 0 saturated heterocycles. The van der Waals surface area contributed by atoms with Gasteiger partial charge in [0.2, 0.25) is 0 Å². The molecule has 0 N–H and O–H groups in total. The van der Waals surface area contributed by atoms with Gasteiger partial charge in [-0.25, -0.2) is 0 Å². The molecule has 22 heavy (non-hydrogen) atoms. The van der Waals surface area contributed by atoms with Gasteiger partial charge in [-0.3, -0.25) is 4.79 Å². The highest BCUT2D eigenvalue weighted by atomic mass is 16.5. The van der Waals surface area contributed by atoms with Crippen LogP contribution in [0.2, 0.25) is 0 Å². The minimum atomic E-state index is 0.150. The lowest BCUT2D eigenvalue weighted by molar-refractivity contribution is -0.121. The maximum absolute atomic E-state index is 11.6. The number of hydrogen-bond donors (Lipinski definition) is 0. The van der Waals surface area contributed by atoms with Crippen LogP contribution in [0.1, 0.15) is 65.0 Å². The van der Waals surface area contributed by atoms with Crippen molar-refractivity contribution in [3.8, 4) is 0 Å². The third-order valence-electron chi connectivity index (χ3n) is 3.43. The number of aryl methyl sites for hydroxylation is 2. The van der Waals surface area contributed by atoms with Crippen molar-refractivity contribution < 1.29 is 9.53 Å². The van der Waals surface area contributed by atoms with Gasteiger partial charge in [0.15, 0.2) is 0 Å². The summed E-state index contributed by atoms with van der Waals surface area (Å²) < 4.78 is 5.48. The third-order valence-corrected chi connectivity index (χ3v) is 3.43. The molecule has 0 aliphatic heterocycles. The molecule has 0 atom stereocenters. The number of carbonyl (C=O) groups is 1. The van der Waals surface area contributed by atoms with Gasteiger partial charge < -0.3 is 4.74 Å². The summed E-state index contributed by atoms with van der Waals surface area (Å²) in [5, 5.41) is 0. The zero-order chi connectivity index (χ0) is 16.8. The van der Waals surface area contributed by atoms with Gasteiger partial charge in [0.1, 0.15) is 5.78 Å². The topological polar surface area (TPSA) is 26.3 Å². The zero-order valence-electron chi connectivity index (χ0n) is 15.2. The van der Waals surface area contributed by atoms with Crippen LogP contribution in [0.4, 0.5) is 0 Å². The van der Waals surface area contributed by atoms with Crippen molar-refractivity contribution in [2.45, 2.75) is 66.7 Å². The maximum atomic E-state index is 11.6. The number of hydrogen-bond acceptors (Lipinski definition) is 2. The molecule has 0 unspecified atom stereocenters. The second kappa shape index (κ2) is 13.5. The Morgan fingerprint density at radius 3 is 2.05 bits per heavy atom. The molecule has 0 amide bonds. The van der Waals surface area contributed by atoms with Crippen LogP contribution < -0.4 is 0 Å². The SMILES string of the molecule is CC.CCCOCCCc1ccc(CCC(=O)C(C)C)cc1. The zero-order valence-corrected chi connectivity index (χ0v) is 15.2. The van der Waals surface area contributed by atoms with E-state index < -0.39 is 0 Å². The predicted octanol–water partition coefficient (Wildman–Crippen LogP) is 5.23. The summed E-state index contributed by atoms with van der Waals surface area (Å²) >= 11 is 0. The molecule has 0 spiro atoms. The Morgan fingerprint density at radius 2 is 1.55 bits per heavy atom. The predicted molar refractivity (Wildman–Crippen MR) is 95.4 cm³/mol. The molecule has 2 heteroatoms. The Bertz CT molecular complexity index is 379. The largest absolute Gasteiger partial charge is 0.381 e. The standard InChI is InChI=1S/C18H28O2.C2H6/c1-4-13-20-14-5-6-16-7-9-17(10-8-16)11-12-18(19)15(2)3;1-2/h7-10,15H,4-6,11-14H2,1-3H3;1-2H3. The fourth-order valence-corrected chi connectivity index (χ4v) is 2.05. The van der Waals surface area contributed by atoms with Gasteiger partial charge >= 0.3 is 0 Å². The molecule has 2 nitrogen and oxygen atoms in total. The van der Waals surface area contributed by atoms with E-state index in [0.29, 0.717) is 12.2 Å². The van der Waals surface area contributed by atoms with Crippen LogP contribution in [0, 0.1) is 5.92 Å². The van der Waals surface area contributed by atoms with E-state index >= 15 is 0 Å². The van der Waals surface area contributed by atoms with Crippen molar-refractivity contribution in [2.75, 3.05) is 13.2 Å². The van der Waals surface area contributed by atoms with E-state index in [0.717, 1.165) is 38.9 Å². The fourth-order valence-electron chi connectivity index (χ4n) is 2.05. The van der Waals surface area contributed by atoms with E-state index in [1.807, 2.05) is 27.7 Å². The van der Waals surface area contributed by atoms with Crippen molar-refractivity contribution in [2.24, 2.45) is 5.92 Å². The summed E-state index contributed by atoms with van der Waals surface area (Å²) in [5.41, 5.74) is 2.61. The van der Waals surface area contributed by atoms with E-state index in [1.165, 1.54) is 11.1 Å². The number of carbonyl (C=O) groups excluding carboxylic acids is 1. The third kappa shape index (κ3) is 9.73. The number of ether oxygens (including phenoxy) is 1. The smallest absolute Gasteiger partial charge is 0.135 e. The Hall–Kier alpha value is -1.15. The molecular weight excluding hydrogens is 272 g/mol. The van der Waals surface area contributed by atoms with Crippen molar-refractivity contribution in [1.82, 2.24) is 0 Å². The molecule has 0 fully saturated rings. The molecule has 0 radical (unpaired) electrons. The van der Waals surface area contributed by atoms with Gasteiger partial charge in [-0.2, -0.15) is 0 Å². The minimum Gasteiger partial charge on any atom is -0.381 e. The average molecular weight is 306 g/mol. The first-order valence-corrected chi connectivity index (χ1v) is 8.81. The summed E-state index contributed by atoms with van der Waals surface area (Å²) in [5.74, 6) is 0.500. The number of benzene rings is 1. The second-order valence-electron chi connectivity index (χ2n) is 5.65. The van der Waals surface area contributed by atoms with E-state index in [-0.39, 0.29) is 5.92 Å². The Labute approximate surface area is 137 Å². The quantitative estimate of drug-likeness (QED) is 0.553. The van der Waals surface area contributed by atoms with E-state index in [9.17, 15) is 4.79 Å². The van der Waals surface area contributed by atoms with Gasteiger partial charge in [-0.05, 0) is 36.8 Å². The number of Topliss-reactive ketones (excluding diaryl/α,β-unsaturated/α-hetero) is 1. The average Bonchev–Trinajstić information content (AvgIpc) is 2.55. The monoisotopic (exact) mass is 306 g/mol. The Kier molecular flexibility index (Phi) is 12.8. The van der Waals surface area contributed by atoms with Crippen LogP contribution in [0.15, 0.2) is 24.3 Å². The molecule has 0 aromatic heterocycles. The van der Waals surface area contributed by atoms with Gasteiger partial charge in [0.05, 0.1) is 0 Å². The molecule has 126 valence electrons. The first kappa shape index (κ1) is 20.9. The van der Waals surface area contributed by atoms with E-state index in [2.05, 4.69) is 31.2 Å². The summed E-state index contributed by atoms with van der Waals surface area (Å²) in [4.78, 5) is 11.6. The minimum absolute atomic E-state index is 0.150. The van der Waals surface area contributed by atoms with Crippen LogP contribution in [0.5, 0.6) is 0 Å². The Morgan fingerprint density at radius 1 is 1.00 bits per heavy atom. The first-order valence-electron chi connectivity index (χ1n) is 8.81. The molecule has 0 bridgehead atoms. The van der Waals surface area contributed by atoms with E-state index in [4.69, 9.17) is 4.74 Å². The summed E-state index contributed by atoms with van der Waals surface area (Å²) in [6.45, 7) is 11.8. The molecular formula is C20H34O2. The second-order valence-corrected chi connectivity index (χ2v) is 5.65. The summed E-state index contributed by atoms with van der Waals surface area (Å²) in [6, 6.07) is 8.65. The maximum Gasteiger partial charge on any atom is 0.135 e. The lowest BCUT2D eigenvalue weighted by Crippen LogP contribution is -2.07. The van der Waals surface area contributed by atoms with Crippen LogP contribution in [0.25, 0.3) is 0 Å². The van der Waals surface area contributed by atoms with Crippen molar-refractivity contribution in [1.29, 1.82) is 0 Å². The van der Waals surface area contributed by atoms with Crippen LogP contribution in [-0.2, 0) is 22.4 Å². The van der Waals surface area contributed by atoms with Gasteiger partial charge in [0, 0.05) is 25.6 Å². The lowest BCUT2D eigenvalue weighted by Gasteiger charge is -2.06. The number of ketones is 1. The van der Waals surface area contributed by atoms with Crippen molar-refractivity contribution in [3.05, 3.63) is 35.4 Å². The summed E-state index contributed by atoms with van der Waals surface area (Å²) in [6.07, 6.45) is 4.74. The number of rotatable bonds is 10.